The predicted octanol–water partition coefficient (Wildman–Crippen LogP) is 2.60. The average Bonchev–Trinajstić information content (AvgIpc) is 3.07. The van der Waals surface area contributed by atoms with E-state index in [1.165, 1.54) is 25.0 Å². The zero-order valence-corrected chi connectivity index (χ0v) is 11.1. The van der Waals surface area contributed by atoms with Crippen molar-refractivity contribution in [3.05, 3.63) is 29.8 Å². The SMILES string of the molecule is COc1cccc(C(=O)N/N=C2/CC3CCC2C3)c1. The van der Waals surface area contributed by atoms with Gasteiger partial charge in [-0.15, -0.1) is 0 Å². The Morgan fingerprint density at radius 2 is 2.32 bits per heavy atom. The van der Waals surface area contributed by atoms with Gasteiger partial charge in [0.15, 0.2) is 0 Å². The summed E-state index contributed by atoms with van der Waals surface area (Å²) in [6.07, 6.45) is 4.88. The van der Waals surface area contributed by atoms with E-state index in [4.69, 9.17) is 4.74 Å². The highest BCUT2D eigenvalue weighted by Gasteiger charge is 2.36. The maximum absolute atomic E-state index is 12.0. The van der Waals surface area contributed by atoms with Gasteiger partial charge < -0.3 is 4.74 Å². The number of hydrogen-bond acceptors (Lipinski definition) is 3. The van der Waals surface area contributed by atoms with Crippen molar-refractivity contribution in [2.24, 2.45) is 16.9 Å². The highest BCUT2D eigenvalue weighted by molar-refractivity contribution is 5.96. The molecule has 1 N–H and O–H groups in total. The Morgan fingerprint density at radius 3 is 3.00 bits per heavy atom. The summed E-state index contributed by atoms with van der Waals surface area (Å²) in [7, 11) is 1.59. The summed E-state index contributed by atoms with van der Waals surface area (Å²) in [5, 5.41) is 4.31. The van der Waals surface area contributed by atoms with E-state index < -0.39 is 0 Å². The molecule has 2 aliphatic carbocycles. The van der Waals surface area contributed by atoms with Crippen LogP contribution >= 0.6 is 0 Å². The van der Waals surface area contributed by atoms with Crippen molar-refractivity contribution in [1.82, 2.24) is 5.43 Å². The van der Waals surface area contributed by atoms with Crippen LogP contribution in [-0.4, -0.2) is 18.7 Å². The normalized spacial score (nSPS) is 26.7. The van der Waals surface area contributed by atoms with E-state index in [1.54, 1.807) is 25.3 Å². The molecular weight excluding hydrogens is 240 g/mol. The summed E-state index contributed by atoms with van der Waals surface area (Å²) >= 11 is 0. The van der Waals surface area contributed by atoms with E-state index in [0.717, 1.165) is 12.3 Å². The zero-order chi connectivity index (χ0) is 13.2. The summed E-state index contributed by atoms with van der Waals surface area (Å²) in [6.45, 7) is 0. The van der Waals surface area contributed by atoms with Crippen molar-refractivity contribution < 1.29 is 9.53 Å². The minimum atomic E-state index is -0.172. The second-order valence-electron chi connectivity index (χ2n) is 5.36. The number of carbonyl (C=O) groups is 1. The van der Waals surface area contributed by atoms with E-state index >= 15 is 0 Å². The second kappa shape index (κ2) is 5.03. The molecule has 0 saturated heterocycles. The molecule has 1 aromatic carbocycles. The minimum absolute atomic E-state index is 0.172. The summed E-state index contributed by atoms with van der Waals surface area (Å²) in [5.41, 5.74) is 4.42. The molecule has 4 heteroatoms. The first kappa shape index (κ1) is 12.2. The van der Waals surface area contributed by atoms with Crippen molar-refractivity contribution in [3.63, 3.8) is 0 Å². The summed E-state index contributed by atoms with van der Waals surface area (Å²) in [4.78, 5) is 12.0. The lowest BCUT2D eigenvalue weighted by Gasteiger charge is -2.11. The topological polar surface area (TPSA) is 50.7 Å². The maximum Gasteiger partial charge on any atom is 0.271 e. The molecule has 1 aromatic rings. The second-order valence-corrected chi connectivity index (χ2v) is 5.36. The standard InChI is InChI=1S/C15H18N2O2/c1-19-13-4-2-3-12(9-13)15(18)17-16-14-8-10-5-6-11(14)7-10/h2-4,9-11H,5-8H2,1H3,(H,17,18)/b16-14-. The first-order valence-corrected chi connectivity index (χ1v) is 6.77. The third-order valence-corrected chi connectivity index (χ3v) is 4.14. The summed E-state index contributed by atoms with van der Waals surface area (Å²) in [5.74, 6) is 1.92. The molecule has 3 rings (SSSR count). The number of hydrogen-bond donors (Lipinski definition) is 1. The van der Waals surface area contributed by atoms with Crippen molar-refractivity contribution in [2.45, 2.75) is 25.7 Å². The van der Waals surface area contributed by atoms with Gasteiger partial charge in [-0.2, -0.15) is 5.10 Å². The van der Waals surface area contributed by atoms with E-state index in [-0.39, 0.29) is 5.91 Å². The highest BCUT2D eigenvalue weighted by atomic mass is 16.5. The molecule has 19 heavy (non-hydrogen) atoms. The lowest BCUT2D eigenvalue weighted by Crippen LogP contribution is -2.21. The van der Waals surface area contributed by atoms with Gasteiger partial charge in [-0.25, -0.2) is 5.43 Å². The van der Waals surface area contributed by atoms with E-state index in [9.17, 15) is 4.79 Å². The van der Waals surface area contributed by atoms with Crippen LogP contribution in [0.5, 0.6) is 5.75 Å². The van der Waals surface area contributed by atoms with Crippen LogP contribution in [0.3, 0.4) is 0 Å². The Morgan fingerprint density at radius 1 is 1.42 bits per heavy atom. The fourth-order valence-corrected chi connectivity index (χ4v) is 3.11. The Kier molecular flexibility index (Phi) is 3.23. The molecule has 1 amide bonds. The van der Waals surface area contributed by atoms with Crippen molar-refractivity contribution in [2.75, 3.05) is 7.11 Å². The first-order valence-electron chi connectivity index (χ1n) is 6.77. The van der Waals surface area contributed by atoms with Crippen LogP contribution < -0.4 is 10.2 Å². The number of nitrogens with one attached hydrogen (secondary N) is 1. The van der Waals surface area contributed by atoms with E-state index in [2.05, 4.69) is 10.5 Å². The molecular formula is C15H18N2O2. The van der Waals surface area contributed by atoms with Gasteiger partial charge >= 0.3 is 0 Å². The monoisotopic (exact) mass is 258 g/mol. The van der Waals surface area contributed by atoms with Gasteiger partial charge in [-0.3, -0.25) is 4.79 Å². The quantitative estimate of drug-likeness (QED) is 0.847. The molecule has 2 bridgehead atoms. The highest BCUT2D eigenvalue weighted by Crippen LogP contribution is 2.42. The van der Waals surface area contributed by atoms with Gasteiger partial charge in [0.25, 0.3) is 5.91 Å². The van der Waals surface area contributed by atoms with E-state index in [1.807, 2.05) is 6.07 Å². The predicted molar refractivity (Wildman–Crippen MR) is 73.3 cm³/mol. The first-order chi connectivity index (χ1) is 9.26. The van der Waals surface area contributed by atoms with Gasteiger partial charge in [0.2, 0.25) is 0 Å². The Bertz CT molecular complexity index is 525. The van der Waals surface area contributed by atoms with Gasteiger partial charge in [0, 0.05) is 11.3 Å². The molecule has 100 valence electrons. The van der Waals surface area contributed by atoms with Crippen LogP contribution in [-0.2, 0) is 0 Å². The molecule has 2 aliphatic rings. The number of hydrazone groups is 1. The Balaban J connectivity index is 1.66. The van der Waals surface area contributed by atoms with Gasteiger partial charge in [0.1, 0.15) is 5.75 Å². The molecule has 0 heterocycles. The molecule has 4 nitrogen and oxygen atoms in total. The lowest BCUT2D eigenvalue weighted by atomic mass is 9.99. The fraction of sp³-hybridized carbons (Fsp3) is 0.467. The van der Waals surface area contributed by atoms with Crippen LogP contribution in [0.4, 0.5) is 0 Å². The minimum Gasteiger partial charge on any atom is -0.497 e. The lowest BCUT2D eigenvalue weighted by molar-refractivity contribution is 0.0954. The summed E-state index contributed by atoms with van der Waals surface area (Å²) < 4.78 is 5.11. The summed E-state index contributed by atoms with van der Waals surface area (Å²) in [6, 6.07) is 7.10. The van der Waals surface area contributed by atoms with Gasteiger partial charge in [0.05, 0.1) is 7.11 Å². The number of rotatable bonds is 3. The van der Waals surface area contributed by atoms with Crippen LogP contribution in [0.1, 0.15) is 36.0 Å². The smallest absolute Gasteiger partial charge is 0.271 e. The Hall–Kier alpha value is -1.84. The third kappa shape index (κ3) is 2.48. The molecule has 2 saturated carbocycles. The third-order valence-electron chi connectivity index (χ3n) is 4.14. The zero-order valence-electron chi connectivity index (χ0n) is 11.1. The van der Waals surface area contributed by atoms with Crippen LogP contribution in [0.2, 0.25) is 0 Å². The van der Waals surface area contributed by atoms with Crippen LogP contribution in [0.25, 0.3) is 0 Å². The van der Waals surface area contributed by atoms with Crippen molar-refractivity contribution in [3.8, 4) is 5.75 Å². The molecule has 0 aromatic heterocycles. The van der Waals surface area contributed by atoms with E-state index in [0.29, 0.717) is 17.2 Å². The van der Waals surface area contributed by atoms with Crippen molar-refractivity contribution in [1.29, 1.82) is 0 Å². The number of amides is 1. The number of methoxy groups -OCH3 is 1. The van der Waals surface area contributed by atoms with Gasteiger partial charge in [-0.1, -0.05) is 6.07 Å². The van der Waals surface area contributed by atoms with Crippen LogP contribution in [0.15, 0.2) is 29.4 Å². The largest absolute Gasteiger partial charge is 0.497 e. The Labute approximate surface area is 112 Å². The maximum atomic E-state index is 12.0. The molecule has 0 radical (unpaired) electrons. The fourth-order valence-electron chi connectivity index (χ4n) is 3.11. The number of benzene rings is 1. The number of nitrogens with zero attached hydrogens (tertiary/aromatic N) is 1. The molecule has 2 unspecified atom stereocenters. The molecule has 0 aliphatic heterocycles. The van der Waals surface area contributed by atoms with Gasteiger partial charge in [-0.05, 0) is 55.7 Å². The molecule has 2 fully saturated rings. The average molecular weight is 258 g/mol. The molecule has 0 spiro atoms. The number of fused-ring (bicyclic) bond motifs is 2. The molecule has 2 atom stereocenters. The number of ether oxygens (including phenoxy) is 1. The van der Waals surface area contributed by atoms with Crippen molar-refractivity contribution >= 4 is 11.6 Å². The van der Waals surface area contributed by atoms with Crippen LogP contribution in [0, 0.1) is 11.8 Å². The number of carbonyl (C=O) groups excluding carboxylic acids is 1.